The number of anilines is 1. The van der Waals surface area contributed by atoms with Gasteiger partial charge in [-0.1, -0.05) is 50.1 Å². The normalized spacial score (nSPS) is 11.0. The van der Waals surface area contributed by atoms with Crippen molar-refractivity contribution in [2.24, 2.45) is 0 Å². The first kappa shape index (κ1) is 27.3. The zero-order valence-corrected chi connectivity index (χ0v) is 21.8. The molecular weight excluding hydrogens is 494 g/mol. The number of hydrogen-bond acceptors (Lipinski definition) is 5. The Morgan fingerprint density at radius 2 is 1.61 bits per heavy atom. The number of ether oxygens (including phenoxy) is 1. The smallest absolute Gasteiger partial charge is 0.257 e. The van der Waals surface area contributed by atoms with Crippen molar-refractivity contribution in [2.75, 3.05) is 18.5 Å². The van der Waals surface area contributed by atoms with E-state index in [2.05, 4.69) is 22.3 Å². The number of unbranched alkanes of at least 4 members (excludes halogenated alkanes) is 2. The molecule has 0 heterocycles. The number of amides is 1. The fraction of sp³-hybridized carbons (Fsp3) is 0.259. The van der Waals surface area contributed by atoms with E-state index in [0.717, 1.165) is 24.8 Å². The molecule has 0 spiro atoms. The number of carbonyl (C=O) groups is 1. The molecule has 3 aromatic rings. The van der Waals surface area contributed by atoms with Gasteiger partial charge in [0.1, 0.15) is 5.75 Å². The minimum Gasteiger partial charge on any atom is -0.494 e. The highest BCUT2D eigenvalue weighted by atomic mass is 32.2. The number of nitrogens with one attached hydrogen (secondary N) is 3. The first-order chi connectivity index (χ1) is 17.4. The Hall–Kier alpha value is -3.27. The maximum Gasteiger partial charge on any atom is 0.257 e. The average molecular weight is 526 g/mol. The Labute approximate surface area is 218 Å². The lowest BCUT2D eigenvalue weighted by molar-refractivity contribution is 0.0977. The third-order valence-corrected chi connectivity index (χ3v) is 7.01. The van der Waals surface area contributed by atoms with E-state index in [1.807, 2.05) is 30.3 Å². The molecule has 1 amide bonds. The highest BCUT2D eigenvalue weighted by Gasteiger charge is 2.14. The second-order valence-electron chi connectivity index (χ2n) is 8.15. The van der Waals surface area contributed by atoms with Gasteiger partial charge in [-0.15, -0.1) is 0 Å². The molecule has 36 heavy (non-hydrogen) atoms. The Morgan fingerprint density at radius 3 is 2.28 bits per heavy atom. The zero-order valence-electron chi connectivity index (χ0n) is 20.2. The zero-order chi connectivity index (χ0) is 25.8. The summed E-state index contributed by atoms with van der Waals surface area (Å²) in [7, 11) is -3.63. The summed E-state index contributed by atoms with van der Waals surface area (Å²) in [5.41, 5.74) is 2.06. The SMILES string of the molecule is CCCCCOc1ccc(C(=O)NC(=S)Nc2ccc(S(=O)(=O)NCCc3ccccc3)cc2)cc1. The second-order valence-corrected chi connectivity index (χ2v) is 10.3. The molecule has 0 saturated carbocycles. The van der Waals surface area contributed by atoms with Crippen molar-refractivity contribution >= 4 is 38.9 Å². The van der Waals surface area contributed by atoms with Crippen LogP contribution in [0.25, 0.3) is 0 Å². The van der Waals surface area contributed by atoms with Crippen LogP contribution >= 0.6 is 12.2 Å². The minimum absolute atomic E-state index is 0.108. The molecule has 7 nitrogen and oxygen atoms in total. The van der Waals surface area contributed by atoms with E-state index >= 15 is 0 Å². The summed E-state index contributed by atoms with van der Waals surface area (Å²) in [6.45, 7) is 3.09. The molecule has 0 unspecified atom stereocenters. The van der Waals surface area contributed by atoms with E-state index < -0.39 is 10.0 Å². The summed E-state index contributed by atoms with van der Waals surface area (Å²) < 4.78 is 33.4. The van der Waals surface area contributed by atoms with E-state index in [0.29, 0.717) is 36.6 Å². The summed E-state index contributed by atoms with van der Waals surface area (Å²) in [5.74, 6) is 0.361. The van der Waals surface area contributed by atoms with Crippen LogP contribution in [-0.4, -0.2) is 32.6 Å². The highest BCUT2D eigenvalue weighted by Crippen LogP contribution is 2.15. The minimum atomic E-state index is -3.63. The van der Waals surface area contributed by atoms with Crippen molar-refractivity contribution in [3.8, 4) is 5.75 Å². The summed E-state index contributed by atoms with van der Waals surface area (Å²) in [4.78, 5) is 12.6. The van der Waals surface area contributed by atoms with Gasteiger partial charge in [-0.05, 0) is 79.2 Å². The van der Waals surface area contributed by atoms with Crippen LogP contribution in [0.4, 0.5) is 5.69 Å². The lowest BCUT2D eigenvalue weighted by atomic mass is 10.2. The van der Waals surface area contributed by atoms with Crippen LogP contribution in [-0.2, 0) is 16.4 Å². The lowest BCUT2D eigenvalue weighted by Crippen LogP contribution is -2.34. The molecule has 0 aliphatic carbocycles. The molecule has 3 N–H and O–H groups in total. The molecule has 0 saturated heterocycles. The summed E-state index contributed by atoms with van der Waals surface area (Å²) >= 11 is 5.23. The molecular formula is C27H31N3O4S2. The Bertz CT molecular complexity index is 1230. The summed E-state index contributed by atoms with van der Waals surface area (Å²) in [6, 6.07) is 22.7. The average Bonchev–Trinajstić information content (AvgIpc) is 2.88. The van der Waals surface area contributed by atoms with Crippen LogP contribution in [0.2, 0.25) is 0 Å². The van der Waals surface area contributed by atoms with Crippen molar-refractivity contribution < 1.29 is 17.9 Å². The third kappa shape index (κ3) is 8.75. The van der Waals surface area contributed by atoms with Gasteiger partial charge >= 0.3 is 0 Å². The largest absolute Gasteiger partial charge is 0.494 e. The monoisotopic (exact) mass is 525 g/mol. The van der Waals surface area contributed by atoms with Crippen LogP contribution in [0.3, 0.4) is 0 Å². The van der Waals surface area contributed by atoms with E-state index in [9.17, 15) is 13.2 Å². The maximum atomic E-state index is 12.5. The molecule has 190 valence electrons. The fourth-order valence-corrected chi connectivity index (χ4v) is 4.60. The van der Waals surface area contributed by atoms with Crippen molar-refractivity contribution in [1.29, 1.82) is 0 Å². The van der Waals surface area contributed by atoms with Crippen LogP contribution < -0.4 is 20.1 Å². The van der Waals surface area contributed by atoms with Crippen molar-refractivity contribution in [1.82, 2.24) is 10.0 Å². The van der Waals surface area contributed by atoms with Gasteiger partial charge in [-0.2, -0.15) is 0 Å². The number of carbonyl (C=O) groups excluding carboxylic acids is 1. The Kier molecular flexibility index (Phi) is 10.4. The van der Waals surface area contributed by atoms with Gasteiger partial charge < -0.3 is 10.1 Å². The predicted octanol–water partition coefficient (Wildman–Crippen LogP) is 4.90. The first-order valence-corrected chi connectivity index (χ1v) is 13.8. The van der Waals surface area contributed by atoms with Crippen molar-refractivity contribution in [3.05, 3.63) is 90.0 Å². The van der Waals surface area contributed by atoms with Crippen LogP contribution in [0.15, 0.2) is 83.8 Å². The van der Waals surface area contributed by atoms with Gasteiger partial charge in [0, 0.05) is 17.8 Å². The Balaban J connectivity index is 1.46. The molecule has 0 aromatic heterocycles. The number of hydrogen-bond donors (Lipinski definition) is 3. The summed E-state index contributed by atoms with van der Waals surface area (Å²) in [5, 5.41) is 5.63. The topological polar surface area (TPSA) is 96.5 Å². The Morgan fingerprint density at radius 1 is 0.917 bits per heavy atom. The predicted molar refractivity (Wildman–Crippen MR) is 147 cm³/mol. The molecule has 0 aliphatic heterocycles. The number of benzene rings is 3. The molecule has 9 heteroatoms. The molecule has 0 atom stereocenters. The molecule has 0 bridgehead atoms. The van der Waals surface area contributed by atoms with Gasteiger partial charge in [0.2, 0.25) is 10.0 Å². The van der Waals surface area contributed by atoms with E-state index in [1.54, 1.807) is 36.4 Å². The highest BCUT2D eigenvalue weighted by molar-refractivity contribution is 7.89. The van der Waals surface area contributed by atoms with Gasteiger partial charge in [0.25, 0.3) is 5.91 Å². The van der Waals surface area contributed by atoms with Crippen molar-refractivity contribution in [3.63, 3.8) is 0 Å². The summed E-state index contributed by atoms with van der Waals surface area (Å²) in [6.07, 6.45) is 3.85. The van der Waals surface area contributed by atoms with Gasteiger partial charge in [0.05, 0.1) is 11.5 Å². The second kappa shape index (κ2) is 13.7. The first-order valence-electron chi connectivity index (χ1n) is 11.9. The van der Waals surface area contributed by atoms with E-state index in [1.165, 1.54) is 12.1 Å². The number of rotatable bonds is 12. The van der Waals surface area contributed by atoms with Gasteiger partial charge in [-0.3, -0.25) is 10.1 Å². The van der Waals surface area contributed by atoms with Gasteiger partial charge in [-0.25, -0.2) is 13.1 Å². The number of thiocarbonyl (C=S) groups is 1. The quantitative estimate of drug-likeness (QED) is 0.230. The lowest BCUT2D eigenvalue weighted by Gasteiger charge is -2.11. The van der Waals surface area contributed by atoms with Crippen LogP contribution in [0.1, 0.15) is 42.1 Å². The maximum absolute atomic E-state index is 12.5. The number of sulfonamides is 1. The molecule has 0 radical (unpaired) electrons. The van der Waals surface area contributed by atoms with E-state index in [4.69, 9.17) is 17.0 Å². The molecule has 3 rings (SSSR count). The fourth-order valence-electron chi connectivity index (χ4n) is 3.36. The third-order valence-electron chi connectivity index (χ3n) is 5.33. The molecule has 0 aliphatic rings. The van der Waals surface area contributed by atoms with E-state index in [-0.39, 0.29) is 15.9 Å². The van der Waals surface area contributed by atoms with Crippen molar-refractivity contribution in [2.45, 2.75) is 37.5 Å². The van der Waals surface area contributed by atoms with Crippen LogP contribution in [0, 0.1) is 0 Å². The standard InChI is InChI=1S/C27H31N3O4S2/c1-2-3-7-20-34-24-14-10-22(11-15-24)26(31)30-27(35)29-23-12-16-25(17-13-23)36(32,33)28-19-18-21-8-5-4-6-9-21/h4-6,8-17,28H,2-3,7,18-20H2,1H3,(H2,29,30,31,35). The van der Waals surface area contributed by atoms with Gasteiger partial charge in [0.15, 0.2) is 5.11 Å². The molecule has 0 fully saturated rings. The molecule has 3 aromatic carbocycles. The van der Waals surface area contributed by atoms with Crippen LogP contribution in [0.5, 0.6) is 5.75 Å².